The van der Waals surface area contributed by atoms with Gasteiger partial charge in [-0.2, -0.15) is 0 Å². The predicted octanol–water partition coefficient (Wildman–Crippen LogP) is 0.552. The molecule has 0 spiro atoms. The molecule has 0 fully saturated rings. The Labute approximate surface area is 67.4 Å². The Morgan fingerprint density at radius 1 is 1.27 bits per heavy atom. The smallest absolute Gasteiger partial charge is 0.333 e. The number of benzene rings is 1. The van der Waals surface area contributed by atoms with Crippen LogP contribution in [-0.2, 0) is 9.39 Å². The second-order valence-corrected chi connectivity index (χ2v) is 2.10. The molecule has 0 amide bonds. The summed E-state index contributed by atoms with van der Waals surface area (Å²) in [6, 6.07) is 9.82. The van der Waals surface area contributed by atoms with E-state index in [0.717, 1.165) is 5.46 Å². The van der Waals surface area contributed by atoms with Crippen LogP contribution in [0, 0.1) is 0 Å². The summed E-state index contributed by atoms with van der Waals surface area (Å²) in [5.74, 6) is 0. The standard InChI is InChI=1S/C8H10BO2/c1-10-7-11-9-8-5-3-2-4-6-8/h2-6H,7H2,1H3. The fourth-order valence-electron chi connectivity index (χ4n) is 0.730. The average molecular weight is 149 g/mol. The molecule has 1 rings (SSSR count). The first-order valence-corrected chi connectivity index (χ1v) is 3.42. The van der Waals surface area contributed by atoms with Crippen LogP contribution < -0.4 is 5.46 Å². The van der Waals surface area contributed by atoms with Crippen molar-refractivity contribution in [3.8, 4) is 0 Å². The van der Waals surface area contributed by atoms with Crippen LogP contribution >= 0.6 is 0 Å². The lowest BCUT2D eigenvalue weighted by molar-refractivity contribution is 0.0554. The van der Waals surface area contributed by atoms with Gasteiger partial charge in [-0.15, -0.1) is 0 Å². The highest BCUT2D eigenvalue weighted by Crippen LogP contribution is 1.81. The van der Waals surface area contributed by atoms with Gasteiger partial charge in [0.2, 0.25) is 0 Å². The van der Waals surface area contributed by atoms with Gasteiger partial charge in [-0.1, -0.05) is 35.8 Å². The molecule has 0 heterocycles. The molecule has 0 saturated carbocycles. The number of rotatable bonds is 4. The highest BCUT2D eigenvalue weighted by Gasteiger charge is 1.93. The van der Waals surface area contributed by atoms with E-state index in [0.29, 0.717) is 6.79 Å². The molecule has 11 heavy (non-hydrogen) atoms. The lowest BCUT2D eigenvalue weighted by Crippen LogP contribution is -2.17. The topological polar surface area (TPSA) is 18.5 Å². The van der Waals surface area contributed by atoms with Crippen molar-refractivity contribution in [2.75, 3.05) is 13.9 Å². The molecule has 0 N–H and O–H groups in total. The molecular formula is C8H10BO2. The van der Waals surface area contributed by atoms with Crippen molar-refractivity contribution in [3.05, 3.63) is 30.3 Å². The third-order valence-electron chi connectivity index (χ3n) is 1.20. The molecular weight excluding hydrogens is 139 g/mol. The summed E-state index contributed by atoms with van der Waals surface area (Å²) in [5.41, 5.74) is 1.05. The van der Waals surface area contributed by atoms with Gasteiger partial charge >= 0.3 is 7.48 Å². The van der Waals surface area contributed by atoms with E-state index in [9.17, 15) is 0 Å². The molecule has 0 aromatic heterocycles. The van der Waals surface area contributed by atoms with Gasteiger partial charge in [0.1, 0.15) is 6.79 Å². The summed E-state index contributed by atoms with van der Waals surface area (Å²) in [6.45, 7) is 0.300. The molecule has 0 aliphatic heterocycles. The average Bonchev–Trinajstić information content (AvgIpc) is 2.07. The van der Waals surface area contributed by atoms with E-state index in [1.54, 1.807) is 14.6 Å². The molecule has 0 bridgehead atoms. The highest BCUT2D eigenvalue weighted by molar-refractivity contribution is 6.46. The Bertz CT molecular complexity index is 189. The van der Waals surface area contributed by atoms with E-state index in [1.165, 1.54) is 0 Å². The fourth-order valence-corrected chi connectivity index (χ4v) is 0.730. The number of hydrogen-bond acceptors (Lipinski definition) is 2. The molecule has 0 aliphatic carbocycles. The molecule has 0 atom stereocenters. The second-order valence-electron chi connectivity index (χ2n) is 2.10. The maximum atomic E-state index is 5.02. The molecule has 0 unspecified atom stereocenters. The highest BCUT2D eigenvalue weighted by atomic mass is 16.6. The summed E-state index contributed by atoms with van der Waals surface area (Å²) in [7, 11) is 3.27. The van der Waals surface area contributed by atoms with Crippen LogP contribution in [0.5, 0.6) is 0 Å². The lowest BCUT2D eigenvalue weighted by atomic mass is 9.89. The van der Waals surface area contributed by atoms with E-state index < -0.39 is 0 Å². The molecule has 0 saturated heterocycles. The molecule has 1 aromatic carbocycles. The van der Waals surface area contributed by atoms with E-state index in [-0.39, 0.29) is 0 Å². The van der Waals surface area contributed by atoms with Crippen molar-refractivity contribution >= 4 is 12.9 Å². The second kappa shape index (κ2) is 4.94. The SMILES string of the molecule is COCO[B]c1ccccc1. The van der Waals surface area contributed by atoms with Gasteiger partial charge in [0.15, 0.2) is 0 Å². The zero-order valence-electron chi connectivity index (χ0n) is 6.49. The van der Waals surface area contributed by atoms with Crippen molar-refractivity contribution in [2.24, 2.45) is 0 Å². The van der Waals surface area contributed by atoms with Gasteiger partial charge in [0.05, 0.1) is 0 Å². The van der Waals surface area contributed by atoms with Crippen molar-refractivity contribution in [1.82, 2.24) is 0 Å². The normalized spacial score (nSPS) is 9.55. The fraction of sp³-hybridized carbons (Fsp3) is 0.250. The maximum absolute atomic E-state index is 5.02. The van der Waals surface area contributed by atoms with E-state index >= 15 is 0 Å². The van der Waals surface area contributed by atoms with Crippen molar-refractivity contribution in [3.63, 3.8) is 0 Å². The summed E-state index contributed by atoms with van der Waals surface area (Å²) in [6.07, 6.45) is 0. The zero-order valence-corrected chi connectivity index (χ0v) is 6.49. The third kappa shape index (κ3) is 3.21. The third-order valence-corrected chi connectivity index (χ3v) is 1.20. The predicted molar refractivity (Wildman–Crippen MR) is 44.8 cm³/mol. The molecule has 1 aromatic rings. The van der Waals surface area contributed by atoms with E-state index in [4.69, 9.17) is 9.39 Å². The first-order valence-electron chi connectivity index (χ1n) is 3.42. The van der Waals surface area contributed by atoms with Gasteiger partial charge in [-0.25, -0.2) is 0 Å². The van der Waals surface area contributed by atoms with Gasteiger partial charge in [-0.3, -0.25) is 0 Å². The van der Waals surface area contributed by atoms with Gasteiger partial charge in [-0.05, 0) is 0 Å². The van der Waals surface area contributed by atoms with E-state index in [1.807, 2.05) is 30.3 Å². The van der Waals surface area contributed by atoms with Crippen LogP contribution in [0.25, 0.3) is 0 Å². The Morgan fingerprint density at radius 2 is 2.00 bits per heavy atom. The molecule has 1 radical (unpaired) electrons. The van der Waals surface area contributed by atoms with Crippen LogP contribution in [0.15, 0.2) is 30.3 Å². The van der Waals surface area contributed by atoms with Gasteiger partial charge in [0.25, 0.3) is 0 Å². The van der Waals surface area contributed by atoms with E-state index in [2.05, 4.69) is 0 Å². The van der Waals surface area contributed by atoms with Gasteiger partial charge in [0, 0.05) is 7.11 Å². The lowest BCUT2D eigenvalue weighted by Gasteiger charge is -1.99. The largest absolute Gasteiger partial charge is 0.413 e. The monoisotopic (exact) mass is 149 g/mol. The number of hydrogen-bond donors (Lipinski definition) is 0. The van der Waals surface area contributed by atoms with Crippen LogP contribution in [0.4, 0.5) is 0 Å². The summed E-state index contributed by atoms with van der Waals surface area (Å²) in [5, 5.41) is 0. The molecule has 3 heteroatoms. The van der Waals surface area contributed by atoms with Crippen molar-refractivity contribution in [1.29, 1.82) is 0 Å². The number of methoxy groups -OCH3 is 1. The van der Waals surface area contributed by atoms with Crippen molar-refractivity contribution in [2.45, 2.75) is 0 Å². The van der Waals surface area contributed by atoms with Crippen LogP contribution in [-0.4, -0.2) is 21.4 Å². The number of ether oxygens (including phenoxy) is 1. The Morgan fingerprint density at radius 3 is 2.64 bits per heavy atom. The first kappa shape index (κ1) is 8.30. The summed E-state index contributed by atoms with van der Waals surface area (Å²) >= 11 is 0. The minimum atomic E-state index is 0.300. The Balaban J connectivity index is 2.28. The maximum Gasteiger partial charge on any atom is 0.333 e. The Hall–Kier alpha value is -0.795. The first-order chi connectivity index (χ1) is 5.43. The molecule has 57 valence electrons. The van der Waals surface area contributed by atoms with Crippen LogP contribution in [0.1, 0.15) is 0 Å². The minimum absolute atomic E-state index is 0.300. The van der Waals surface area contributed by atoms with Crippen molar-refractivity contribution < 1.29 is 9.39 Å². The summed E-state index contributed by atoms with van der Waals surface area (Å²) < 4.78 is 9.73. The van der Waals surface area contributed by atoms with Gasteiger partial charge < -0.3 is 9.39 Å². The molecule has 0 aliphatic rings. The quantitative estimate of drug-likeness (QED) is 0.353. The summed E-state index contributed by atoms with van der Waals surface area (Å²) in [4.78, 5) is 0. The zero-order chi connectivity index (χ0) is 7.94. The minimum Gasteiger partial charge on any atom is -0.413 e. The molecule has 2 nitrogen and oxygen atoms in total. The van der Waals surface area contributed by atoms with Crippen LogP contribution in [0.2, 0.25) is 0 Å². The van der Waals surface area contributed by atoms with Crippen LogP contribution in [0.3, 0.4) is 0 Å². The Kier molecular flexibility index (Phi) is 3.73.